The molecular formula is C34H38F6O2SiZr. The number of phenols is 2. The molecule has 0 spiro atoms. The molecule has 0 heterocycles. The number of alkyl halides is 6. The van der Waals surface area contributed by atoms with Gasteiger partial charge < -0.3 is 10.2 Å². The summed E-state index contributed by atoms with van der Waals surface area (Å²) >= 11 is 1.74. The zero-order valence-electron chi connectivity index (χ0n) is 24.9. The van der Waals surface area contributed by atoms with E-state index in [0.29, 0.717) is 0 Å². The Kier molecular flexibility index (Phi) is 15.7. The molecule has 0 bridgehead atoms. The third-order valence-electron chi connectivity index (χ3n) is 6.69. The van der Waals surface area contributed by atoms with Crippen LogP contribution in [0.3, 0.4) is 0 Å². The van der Waals surface area contributed by atoms with Gasteiger partial charge in [0.15, 0.2) is 0 Å². The van der Waals surface area contributed by atoms with Crippen LogP contribution in [0.4, 0.5) is 26.3 Å². The number of hydrogen-bond donors (Lipinski definition) is 2. The van der Waals surface area contributed by atoms with Gasteiger partial charge in [-0.15, -0.1) is 0 Å². The van der Waals surface area contributed by atoms with Crippen molar-refractivity contribution in [2.24, 2.45) is 0 Å². The van der Waals surface area contributed by atoms with Crippen molar-refractivity contribution in [3.8, 4) is 11.5 Å². The minimum atomic E-state index is -4.33. The Hall–Kier alpha value is -2.58. The van der Waals surface area contributed by atoms with E-state index in [0.717, 1.165) is 48.5 Å². The van der Waals surface area contributed by atoms with Crippen molar-refractivity contribution >= 4 is 5.43 Å². The molecule has 4 aromatic rings. The molecule has 0 saturated heterocycles. The first-order chi connectivity index (χ1) is 20.7. The molecule has 0 saturated carbocycles. The van der Waals surface area contributed by atoms with Gasteiger partial charge in [-0.1, -0.05) is 51.4 Å². The Labute approximate surface area is 270 Å². The Bertz CT molecular complexity index is 1240. The molecule has 0 aromatic heterocycles. The summed E-state index contributed by atoms with van der Waals surface area (Å²) in [6.07, 6.45) is 2.23. The molecule has 6 rings (SSSR count). The summed E-state index contributed by atoms with van der Waals surface area (Å²) in [5, 5.41) is 17.3. The van der Waals surface area contributed by atoms with Crippen LogP contribution < -0.4 is 0 Å². The van der Waals surface area contributed by atoms with Crippen LogP contribution in [0.5, 0.6) is 11.5 Å². The third kappa shape index (κ3) is 14.5. The summed E-state index contributed by atoms with van der Waals surface area (Å²) in [5.74, 6) is -0.337. The maximum absolute atomic E-state index is 11.8. The number of rotatable bonds is 0. The molecule has 4 aromatic carbocycles. The molecular weight excluding hydrogens is 674 g/mol. The van der Waals surface area contributed by atoms with E-state index in [1.54, 1.807) is 45.6 Å². The van der Waals surface area contributed by atoms with E-state index in [2.05, 4.69) is 49.5 Å². The van der Waals surface area contributed by atoms with Crippen LogP contribution in [-0.2, 0) is 61.4 Å². The van der Waals surface area contributed by atoms with Gasteiger partial charge in [-0.25, -0.2) is 12.1 Å². The number of hydrogen-bond acceptors (Lipinski definition) is 2. The number of fused-ring (bicyclic) bond motifs is 2. The van der Waals surface area contributed by atoms with Crippen LogP contribution in [0.15, 0.2) is 84.9 Å². The monoisotopic (exact) mass is 710 g/mol. The minimum Gasteiger partial charge on any atom is -0.508 e. The largest absolute Gasteiger partial charge is 0.508 e. The standard InChI is InChI=1S/2C9H11.2C7H5F3O.C2H6Si.Zr/c2*1-2-5-9-7-3-6-8(9)4-1;2*8-7(9,10)5-1-3-6(11)4-2-5;1-3-2;/h2*3,6-7H,1-2,4-5H2;2*1-4,11H;1-2H3;/q2*-1;;;;+2. The second-order valence-electron chi connectivity index (χ2n) is 10.7. The minimum absolute atomic E-state index is 0.169. The smallest absolute Gasteiger partial charge is 0.416 e. The average molecular weight is 712 g/mol. The fraction of sp³-hybridized carbons (Fsp3) is 0.353. The maximum Gasteiger partial charge on any atom is 0.416 e. The Morgan fingerprint density at radius 3 is 1.14 bits per heavy atom. The first-order valence-corrected chi connectivity index (χ1v) is 20.6. The zero-order valence-corrected chi connectivity index (χ0v) is 28.4. The summed E-state index contributed by atoms with van der Waals surface area (Å²) in [7, 11) is 0. The van der Waals surface area contributed by atoms with E-state index in [1.807, 2.05) is 0 Å². The van der Waals surface area contributed by atoms with Crippen molar-refractivity contribution in [3.05, 3.63) is 118 Å². The zero-order chi connectivity index (χ0) is 32.8. The number of aryl methyl sites for hydroxylation is 4. The van der Waals surface area contributed by atoms with Crippen LogP contribution in [0.25, 0.3) is 0 Å². The Morgan fingerprint density at radius 2 is 0.864 bits per heavy atom. The number of phenolic OH excluding ortho intramolecular Hbond substituents is 2. The first kappa shape index (κ1) is 37.6. The molecule has 10 heteroatoms. The van der Waals surface area contributed by atoms with E-state index in [9.17, 15) is 26.3 Å². The van der Waals surface area contributed by atoms with Crippen molar-refractivity contribution in [2.45, 2.75) is 76.8 Å². The van der Waals surface area contributed by atoms with E-state index in [-0.39, 0.29) is 16.9 Å². The number of halogens is 6. The van der Waals surface area contributed by atoms with Crippen molar-refractivity contribution in [1.29, 1.82) is 0 Å². The summed E-state index contributed by atoms with van der Waals surface area (Å²) in [6.45, 7) is 4.62. The van der Waals surface area contributed by atoms with Gasteiger partial charge >= 0.3 is 54.2 Å². The quantitative estimate of drug-likeness (QED) is 0.108. The molecule has 2 aliphatic rings. The first-order valence-electron chi connectivity index (χ1n) is 14.4. The number of benzene rings is 2. The maximum atomic E-state index is 11.8. The third-order valence-corrected chi connectivity index (χ3v) is 6.69. The van der Waals surface area contributed by atoms with Crippen molar-refractivity contribution in [1.82, 2.24) is 0 Å². The van der Waals surface area contributed by atoms with E-state index >= 15 is 0 Å². The summed E-state index contributed by atoms with van der Waals surface area (Å²) in [6, 6.07) is 20.7. The van der Waals surface area contributed by atoms with Crippen molar-refractivity contribution in [2.75, 3.05) is 0 Å². The van der Waals surface area contributed by atoms with Gasteiger partial charge in [0.2, 0.25) is 0 Å². The van der Waals surface area contributed by atoms with Gasteiger partial charge in [-0.2, -0.15) is 72.9 Å². The van der Waals surface area contributed by atoms with Gasteiger partial charge in [0.05, 0.1) is 11.1 Å². The predicted octanol–water partition coefficient (Wildman–Crippen LogP) is 10.2. The Morgan fingerprint density at radius 1 is 0.568 bits per heavy atom. The van der Waals surface area contributed by atoms with Crippen LogP contribution in [0.1, 0.15) is 59.1 Å². The molecule has 2 nitrogen and oxygen atoms in total. The predicted molar refractivity (Wildman–Crippen MR) is 161 cm³/mol. The van der Waals surface area contributed by atoms with Crippen LogP contribution >= 0.6 is 0 Å². The normalized spacial score (nSPS) is 13.5. The molecule has 0 fully saturated rings. The van der Waals surface area contributed by atoms with Crippen molar-refractivity contribution < 1.29 is 59.9 Å². The molecule has 2 N–H and O–H groups in total. The molecule has 0 amide bonds. The molecule has 0 aliphatic heterocycles. The molecule has 0 radical (unpaired) electrons. The van der Waals surface area contributed by atoms with Gasteiger partial charge in [0, 0.05) is 0 Å². The van der Waals surface area contributed by atoms with Gasteiger partial charge in [-0.05, 0) is 48.5 Å². The summed E-state index contributed by atoms with van der Waals surface area (Å²) in [5.41, 5.74) is 5.10. The average Bonchev–Trinajstić information content (AvgIpc) is 3.63. The molecule has 2 aliphatic carbocycles. The fourth-order valence-electron chi connectivity index (χ4n) is 4.53. The van der Waals surface area contributed by atoms with E-state index in [1.165, 1.54) is 51.4 Å². The van der Waals surface area contributed by atoms with E-state index in [4.69, 9.17) is 10.2 Å². The summed E-state index contributed by atoms with van der Waals surface area (Å²) in [4.78, 5) is 0. The fourth-order valence-corrected chi connectivity index (χ4v) is 4.53. The molecule has 0 unspecified atom stereocenters. The van der Waals surface area contributed by atoms with Crippen LogP contribution in [0.2, 0.25) is 13.1 Å². The van der Waals surface area contributed by atoms with Crippen LogP contribution in [-0.4, -0.2) is 15.6 Å². The Balaban J connectivity index is 0.000000197. The van der Waals surface area contributed by atoms with Gasteiger partial charge in [0.25, 0.3) is 0 Å². The van der Waals surface area contributed by atoms with Gasteiger partial charge in [0.1, 0.15) is 11.5 Å². The van der Waals surface area contributed by atoms with Crippen molar-refractivity contribution in [3.63, 3.8) is 0 Å². The molecule has 236 valence electrons. The molecule has 0 atom stereocenters. The number of aromatic hydroxyl groups is 2. The van der Waals surface area contributed by atoms with Crippen LogP contribution in [0, 0.1) is 0 Å². The van der Waals surface area contributed by atoms with Gasteiger partial charge in [-0.3, -0.25) is 0 Å². The topological polar surface area (TPSA) is 40.5 Å². The summed E-state index contributed by atoms with van der Waals surface area (Å²) < 4.78 is 71.0. The second kappa shape index (κ2) is 18.4. The van der Waals surface area contributed by atoms with E-state index < -0.39 is 23.5 Å². The SMILES string of the molecule is C[Si](C)=[Zr+2].Oc1ccc(C(F)(F)F)cc1.Oc1ccc(C(F)(F)F)cc1.c1cc2c([cH-]1)CCCC2.c1cc2c([cH-]1)CCCC2. The molecule has 44 heavy (non-hydrogen) atoms. The second-order valence-corrected chi connectivity index (χ2v) is 20.0.